The first kappa shape index (κ1) is 16.1. The number of aliphatic carboxylic acids is 1. The Kier molecular flexibility index (Phi) is 5.59. The van der Waals surface area contributed by atoms with Gasteiger partial charge in [-0.05, 0) is 43.9 Å². The molecule has 116 valence electrons. The van der Waals surface area contributed by atoms with Gasteiger partial charge in [0.2, 0.25) is 0 Å². The Morgan fingerprint density at radius 2 is 1.86 bits per heavy atom. The highest BCUT2D eigenvalue weighted by atomic mass is 16.5. The molecule has 0 aromatic heterocycles. The lowest BCUT2D eigenvalue weighted by atomic mass is 9.94. The van der Waals surface area contributed by atoms with E-state index in [-0.39, 0.29) is 0 Å². The van der Waals surface area contributed by atoms with Crippen LogP contribution in [0.3, 0.4) is 0 Å². The summed E-state index contributed by atoms with van der Waals surface area (Å²) in [5.74, 6) is -0.376. The van der Waals surface area contributed by atoms with Gasteiger partial charge in [-0.2, -0.15) is 0 Å². The van der Waals surface area contributed by atoms with Crippen LogP contribution in [0.15, 0.2) is 48.5 Å². The zero-order valence-corrected chi connectivity index (χ0v) is 13.1. The van der Waals surface area contributed by atoms with Gasteiger partial charge >= 0.3 is 5.97 Å². The van der Waals surface area contributed by atoms with Crippen molar-refractivity contribution >= 4 is 5.97 Å². The minimum atomic E-state index is -0.780. The molecule has 0 bridgehead atoms. The summed E-state index contributed by atoms with van der Waals surface area (Å²) >= 11 is 0. The molecular weight excluding hydrogens is 276 g/mol. The SMILES string of the molecule is Cc1ccc(OCCCC(C(=O)O)c2ccccc2)c(C)c1. The molecule has 0 aliphatic heterocycles. The van der Waals surface area contributed by atoms with Crippen LogP contribution < -0.4 is 4.74 Å². The average Bonchev–Trinajstić information content (AvgIpc) is 2.49. The number of aryl methyl sites for hydroxylation is 2. The first-order valence-electron chi connectivity index (χ1n) is 7.55. The van der Waals surface area contributed by atoms with Gasteiger partial charge < -0.3 is 9.84 Å². The van der Waals surface area contributed by atoms with Crippen LogP contribution in [0.2, 0.25) is 0 Å². The second kappa shape index (κ2) is 7.64. The Hall–Kier alpha value is -2.29. The van der Waals surface area contributed by atoms with Crippen molar-refractivity contribution in [2.24, 2.45) is 0 Å². The Bertz CT molecular complexity index is 620. The Morgan fingerprint density at radius 1 is 1.14 bits per heavy atom. The van der Waals surface area contributed by atoms with Crippen LogP contribution in [0.25, 0.3) is 0 Å². The van der Waals surface area contributed by atoms with Crippen LogP contribution in [-0.2, 0) is 4.79 Å². The maximum atomic E-state index is 11.4. The van der Waals surface area contributed by atoms with Gasteiger partial charge in [0.15, 0.2) is 0 Å². The van der Waals surface area contributed by atoms with Gasteiger partial charge in [0.05, 0.1) is 12.5 Å². The predicted octanol–water partition coefficient (Wildman–Crippen LogP) is 4.33. The molecular formula is C19H22O3. The molecule has 3 heteroatoms. The fourth-order valence-electron chi connectivity index (χ4n) is 2.55. The molecule has 0 aliphatic rings. The van der Waals surface area contributed by atoms with Gasteiger partial charge in [0.1, 0.15) is 5.75 Å². The van der Waals surface area contributed by atoms with Crippen molar-refractivity contribution in [2.75, 3.05) is 6.61 Å². The molecule has 1 unspecified atom stereocenters. The number of hydrogen-bond donors (Lipinski definition) is 1. The Morgan fingerprint density at radius 3 is 2.50 bits per heavy atom. The second-order valence-electron chi connectivity index (χ2n) is 5.56. The van der Waals surface area contributed by atoms with E-state index in [1.165, 1.54) is 5.56 Å². The highest BCUT2D eigenvalue weighted by Gasteiger charge is 2.18. The summed E-state index contributed by atoms with van der Waals surface area (Å²) in [6.45, 7) is 4.60. The Balaban J connectivity index is 1.87. The highest BCUT2D eigenvalue weighted by molar-refractivity contribution is 5.75. The number of rotatable bonds is 7. The molecule has 2 aromatic rings. The van der Waals surface area contributed by atoms with Gasteiger partial charge in [-0.1, -0.05) is 48.0 Å². The highest BCUT2D eigenvalue weighted by Crippen LogP contribution is 2.23. The summed E-state index contributed by atoms with van der Waals surface area (Å²) < 4.78 is 5.76. The van der Waals surface area contributed by atoms with Crippen molar-refractivity contribution in [3.8, 4) is 5.75 Å². The molecule has 2 aromatic carbocycles. The van der Waals surface area contributed by atoms with Crippen molar-refractivity contribution in [3.63, 3.8) is 0 Å². The molecule has 3 nitrogen and oxygen atoms in total. The first-order chi connectivity index (χ1) is 10.6. The molecule has 0 saturated heterocycles. The minimum Gasteiger partial charge on any atom is -0.493 e. The average molecular weight is 298 g/mol. The summed E-state index contributed by atoms with van der Waals surface area (Å²) in [5.41, 5.74) is 3.17. The molecule has 1 N–H and O–H groups in total. The lowest BCUT2D eigenvalue weighted by Gasteiger charge is -2.14. The maximum absolute atomic E-state index is 11.4. The third kappa shape index (κ3) is 4.35. The molecule has 0 amide bonds. The summed E-state index contributed by atoms with van der Waals surface area (Å²) in [6.07, 6.45) is 1.28. The van der Waals surface area contributed by atoms with Crippen molar-refractivity contribution in [2.45, 2.75) is 32.6 Å². The zero-order valence-electron chi connectivity index (χ0n) is 13.1. The van der Waals surface area contributed by atoms with Crippen LogP contribution in [0, 0.1) is 13.8 Å². The molecule has 22 heavy (non-hydrogen) atoms. The number of benzene rings is 2. The largest absolute Gasteiger partial charge is 0.493 e. The van der Waals surface area contributed by atoms with Crippen molar-refractivity contribution in [1.29, 1.82) is 0 Å². The van der Waals surface area contributed by atoms with Gasteiger partial charge in [-0.25, -0.2) is 0 Å². The fraction of sp³-hybridized carbons (Fsp3) is 0.316. The molecule has 0 heterocycles. The second-order valence-corrected chi connectivity index (χ2v) is 5.56. The van der Waals surface area contributed by atoms with Crippen LogP contribution in [-0.4, -0.2) is 17.7 Å². The molecule has 0 fully saturated rings. The van der Waals surface area contributed by atoms with Gasteiger partial charge in [-0.15, -0.1) is 0 Å². The van der Waals surface area contributed by atoms with Crippen molar-refractivity contribution < 1.29 is 14.6 Å². The monoisotopic (exact) mass is 298 g/mol. The molecule has 2 rings (SSSR count). The van der Waals surface area contributed by atoms with Crippen molar-refractivity contribution in [1.82, 2.24) is 0 Å². The quantitative estimate of drug-likeness (QED) is 0.774. The predicted molar refractivity (Wildman–Crippen MR) is 87.5 cm³/mol. The maximum Gasteiger partial charge on any atom is 0.310 e. The van der Waals surface area contributed by atoms with Gasteiger partial charge in [-0.3, -0.25) is 4.79 Å². The fourth-order valence-corrected chi connectivity index (χ4v) is 2.55. The van der Waals surface area contributed by atoms with Crippen LogP contribution in [0.1, 0.15) is 35.4 Å². The standard InChI is InChI=1S/C19H22O3/c1-14-10-11-18(15(2)13-14)22-12-6-9-17(19(20)21)16-7-4-3-5-8-16/h3-5,7-8,10-11,13,17H,6,9,12H2,1-2H3,(H,20,21). The van der Waals surface area contributed by atoms with E-state index < -0.39 is 11.9 Å². The van der Waals surface area contributed by atoms with E-state index in [0.717, 1.165) is 16.9 Å². The first-order valence-corrected chi connectivity index (χ1v) is 7.55. The minimum absolute atomic E-state index is 0.469. The van der Waals surface area contributed by atoms with Gasteiger partial charge in [0, 0.05) is 0 Å². The zero-order chi connectivity index (χ0) is 15.9. The van der Waals surface area contributed by atoms with E-state index in [1.54, 1.807) is 0 Å². The molecule has 1 atom stereocenters. The van der Waals surface area contributed by atoms with Crippen molar-refractivity contribution in [3.05, 3.63) is 65.2 Å². The third-order valence-corrected chi connectivity index (χ3v) is 3.73. The topological polar surface area (TPSA) is 46.5 Å². The van der Waals surface area contributed by atoms with E-state index in [4.69, 9.17) is 4.74 Å². The molecule has 0 aliphatic carbocycles. The van der Waals surface area contributed by atoms with Crippen LogP contribution in [0.5, 0.6) is 5.75 Å². The lowest BCUT2D eigenvalue weighted by molar-refractivity contribution is -0.139. The number of carboxylic acid groups (broad SMARTS) is 1. The smallest absolute Gasteiger partial charge is 0.310 e. The number of ether oxygens (including phenoxy) is 1. The number of carbonyl (C=O) groups is 1. The number of carboxylic acids is 1. The third-order valence-electron chi connectivity index (χ3n) is 3.73. The molecule has 0 spiro atoms. The Labute approximate surface area is 131 Å². The van der Waals surface area contributed by atoms with E-state index >= 15 is 0 Å². The lowest BCUT2D eigenvalue weighted by Crippen LogP contribution is -2.13. The van der Waals surface area contributed by atoms with E-state index in [1.807, 2.05) is 56.3 Å². The summed E-state index contributed by atoms with van der Waals surface area (Å²) in [6, 6.07) is 15.4. The van der Waals surface area contributed by atoms with Crippen LogP contribution in [0.4, 0.5) is 0 Å². The van der Waals surface area contributed by atoms with E-state index in [0.29, 0.717) is 19.4 Å². The summed E-state index contributed by atoms with van der Waals surface area (Å²) in [5, 5.41) is 9.38. The molecule has 0 saturated carbocycles. The van der Waals surface area contributed by atoms with Crippen LogP contribution >= 0.6 is 0 Å². The molecule has 0 radical (unpaired) electrons. The van der Waals surface area contributed by atoms with Gasteiger partial charge in [0.25, 0.3) is 0 Å². The normalized spacial score (nSPS) is 11.9. The summed E-state index contributed by atoms with van der Waals surface area (Å²) in [7, 11) is 0. The van der Waals surface area contributed by atoms with E-state index in [9.17, 15) is 9.90 Å². The number of hydrogen-bond acceptors (Lipinski definition) is 2. The summed E-state index contributed by atoms with van der Waals surface area (Å²) in [4.78, 5) is 11.4. The van der Waals surface area contributed by atoms with E-state index in [2.05, 4.69) is 6.07 Å².